The maximum atomic E-state index is 10.9. The standard InChI is InChI=1S/C9H4BrCl2N3O2/c10-5-3-13-14(4-5)8-1-6(11)7(12)2-9(8)15(16)17/h1-4H. The van der Waals surface area contributed by atoms with Crippen LogP contribution in [-0.4, -0.2) is 14.7 Å². The van der Waals surface area contributed by atoms with Crippen LogP contribution in [0.2, 0.25) is 10.0 Å². The van der Waals surface area contributed by atoms with Gasteiger partial charge in [-0.05, 0) is 22.0 Å². The Morgan fingerprint density at radius 3 is 2.53 bits per heavy atom. The van der Waals surface area contributed by atoms with Gasteiger partial charge < -0.3 is 0 Å². The quantitative estimate of drug-likeness (QED) is 0.618. The summed E-state index contributed by atoms with van der Waals surface area (Å²) in [6.45, 7) is 0. The number of hydrogen-bond acceptors (Lipinski definition) is 3. The van der Waals surface area contributed by atoms with Crippen LogP contribution in [0.3, 0.4) is 0 Å². The second-order valence-electron chi connectivity index (χ2n) is 3.12. The van der Waals surface area contributed by atoms with Gasteiger partial charge in [0.15, 0.2) is 0 Å². The largest absolute Gasteiger partial charge is 0.296 e. The molecule has 1 aromatic heterocycles. The predicted molar refractivity (Wildman–Crippen MR) is 67.9 cm³/mol. The molecule has 17 heavy (non-hydrogen) atoms. The fraction of sp³-hybridized carbons (Fsp3) is 0. The van der Waals surface area contributed by atoms with E-state index in [-0.39, 0.29) is 21.4 Å². The van der Waals surface area contributed by atoms with E-state index >= 15 is 0 Å². The van der Waals surface area contributed by atoms with Crippen LogP contribution in [0.25, 0.3) is 5.69 Å². The average molecular weight is 337 g/mol. The molecule has 0 fully saturated rings. The highest BCUT2D eigenvalue weighted by Crippen LogP contribution is 2.32. The molecule has 0 atom stereocenters. The zero-order valence-electron chi connectivity index (χ0n) is 8.10. The van der Waals surface area contributed by atoms with Gasteiger partial charge in [0.05, 0.1) is 25.6 Å². The lowest BCUT2D eigenvalue weighted by Gasteiger charge is -2.04. The van der Waals surface area contributed by atoms with E-state index in [9.17, 15) is 10.1 Å². The van der Waals surface area contributed by atoms with Crippen molar-refractivity contribution in [3.63, 3.8) is 0 Å². The van der Waals surface area contributed by atoms with Crippen LogP contribution < -0.4 is 0 Å². The van der Waals surface area contributed by atoms with Crippen molar-refractivity contribution in [1.82, 2.24) is 9.78 Å². The van der Waals surface area contributed by atoms with Crippen LogP contribution in [0, 0.1) is 10.1 Å². The monoisotopic (exact) mass is 335 g/mol. The van der Waals surface area contributed by atoms with Gasteiger partial charge in [-0.2, -0.15) is 5.10 Å². The van der Waals surface area contributed by atoms with Crippen molar-refractivity contribution in [1.29, 1.82) is 0 Å². The molecule has 88 valence electrons. The molecule has 0 aliphatic carbocycles. The molecule has 2 rings (SSSR count). The summed E-state index contributed by atoms with van der Waals surface area (Å²) < 4.78 is 2.06. The van der Waals surface area contributed by atoms with Crippen molar-refractivity contribution in [3.05, 3.63) is 49.2 Å². The topological polar surface area (TPSA) is 61.0 Å². The molecule has 1 heterocycles. The van der Waals surface area contributed by atoms with Crippen LogP contribution >= 0.6 is 39.1 Å². The summed E-state index contributed by atoms with van der Waals surface area (Å²) in [6.07, 6.45) is 3.11. The number of halogens is 3. The van der Waals surface area contributed by atoms with E-state index in [4.69, 9.17) is 23.2 Å². The first-order valence-electron chi connectivity index (χ1n) is 4.33. The van der Waals surface area contributed by atoms with Gasteiger partial charge >= 0.3 is 0 Å². The molecule has 0 aliphatic rings. The second kappa shape index (κ2) is 4.64. The lowest BCUT2D eigenvalue weighted by Crippen LogP contribution is -2.00. The minimum Gasteiger partial charge on any atom is -0.258 e. The third kappa shape index (κ3) is 2.43. The van der Waals surface area contributed by atoms with E-state index in [1.807, 2.05) is 0 Å². The molecule has 0 radical (unpaired) electrons. The maximum Gasteiger partial charge on any atom is 0.296 e. The summed E-state index contributed by atoms with van der Waals surface area (Å²) in [5.74, 6) is 0. The molecule has 0 bridgehead atoms. The van der Waals surface area contributed by atoms with E-state index < -0.39 is 4.92 Å². The molecule has 1 aromatic carbocycles. The van der Waals surface area contributed by atoms with Crippen molar-refractivity contribution in [2.45, 2.75) is 0 Å². The highest BCUT2D eigenvalue weighted by Gasteiger charge is 2.19. The Morgan fingerprint density at radius 2 is 2.00 bits per heavy atom. The van der Waals surface area contributed by atoms with Crippen molar-refractivity contribution >= 4 is 44.8 Å². The van der Waals surface area contributed by atoms with Crippen molar-refractivity contribution in [2.24, 2.45) is 0 Å². The molecule has 8 heteroatoms. The normalized spacial score (nSPS) is 10.5. The van der Waals surface area contributed by atoms with Gasteiger partial charge in [0, 0.05) is 12.3 Å². The Bertz CT molecular complexity index is 600. The molecule has 0 unspecified atom stereocenters. The second-order valence-corrected chi connectivity index (χ2v) is 4.85. The molecule has 0 saturated heterocycles. The van der Waals surface area contributed by atoms with E-state index in [1.54, 1.807) is 6.20 Å². The Hall–Kier alpha value is -1.11. The molecule has 2 aromatic rings. The van der Waals surface area contributed by atoms with Crippen molar-refractivity contribution in [3.8, 4) is 5.69 Å². The van der Waals surface area contributed by atoms with E-state index in [1.165, 1.54) is 23.0 Å². The number of hydrogen-bond donors (Lipinski definition) is 0. The Morgan fingerprint density at radius 1 is 1.35 bits per heavy atom. The zero-order chi connectivity index (χ0) is 12.6. The van der Waals surface area contributed by atoms with Gasteiger partial charge in [-0.1, -0.05) is 23.2 Å². The van der Waals surface area contributed by atoms with Gasteiger partial charge in [-0.15, -0.1) is 0 Å². The van der Waals surface area contributed by atoms with Gasteiger partial charge in [0.1, 0.15) is 5.69 Å². The number of benzene rings is 1. The van der Waals surface area contributed by atoms with E-state index in [2.05, 4.69) is 21.0 Å². The van der Waals surface area contributed by atoms with Crippen LogP contribution in [0.5, 0.6) is 0 Å². The van der Waals surface area contributed by atoms with Crippen LogP contribution in [0.4, 0.5) is 5.69 Å². The van der Waals surface area contributed by atoms with E-state index in [0.717, 1.165) is 0 Å². The number of rotatable bonds is 2. The van der Waals surface area contributed by atoms with Gasteiger partial charge in [0.2, 0.25) is 0 Å². The van der Waals surface area contributed by atoms with Crippen molar-refractivity contribution < 1.29 is 4.92 Å². The first-order valence-corrected chi connectivity index (χ1v) is 5.88. The number of nitro benzene ring substituents is 1. The molecule has 0 N–H and O–H groups in total. The highest BCUT2D eigenvalue weighted by molar-refractivity contribution is 9.10. The Kier molecular flexibility index (Phi) is 3.37. The zero-order valence-corrected chi connectivity index (χ0v) is 11.2. The maximum absolute atomic E-state index is 10.9. The first-order chi connectivity index (χ1) is 7.99. The average Bonchev–Trinajstić information content (AvgIpc) is 2.68. The summed E-state index contributed by atoms with van der Waals surface area (Å²) in [6, 6.07) is 2.61. The molecule has 5 nitrogen and oxygen atoms in total. The van der Waals surface area contributed by atoms with Gasteiger partial charge in [-0.3, -0.25) is 10.1 Å². The third-order valence-electron chi connectivity index (χ3n) is 2.01. The fourth-order valence-electron chi connectivity index (χ4n) is 1.29. The molecular formula is C9H4BrCl2N3O2. The summed E-state index contributed by atoms with van der Waals surface area (Å²) >= 11 is 14.8. The summed E-state index contributed by atoms with van der Waals surface area (Å²) in [7, 11) is 0. The fourth-order valence-corrected chi connectivity index (χ4v) is 1.89. The lowest BCUT2D eigenvalue weighted by molar-refractivity contribution is -0.384. The molecule has 0 spiro atoms. The minimum absolute atomic E-state index is 0.133. The van der Waals surface area contributed by atoms with Crippen LogP contribution in [-0.2, 0) is 0 Å². The lowest BCUT2D eigenvalue weighted by atomic mass is 10.2. The molecular weight excluding hydrogens is 333 g/mol. The van der Waals surface area contributed by atoms with Gasteiger partial charge in [0.25, 0.3) is 5.69 Å². The molecule has 0 saturated carbocycles. The molecule has 0 amide bonds. The summed E-state index contributed by atoms with van der Waals surface area (Å²) in [4.78, 5) is 10.4. The van der Waals surface area contributed by atoms with Crippen LogP contribution in [0.15, 0.2) is 29.0 Å². The smallest absolute Gasteiger partial charge is 0.258 e. The number of nitrogens with zero attached hydrogens (tertiary/aromatic N) is 3. The summed E-state index contributed by atoms with van der Waals surface area (Å²) in [5.41, 5.74) is 0.102. The highest BCUT2D eigenvalue weighted by atomic mass is 79.9. The first kappa shape index (κ1) is 12.3. The number of aromatic nitrogens is 2. The van der Waals surface area contributed by atoms with E-state index in [0.29, 0.717) is 4.47 Å². The Labute approximate surface area is 114 Å². The van der Waals surface area contributed by atoms with Gasteiger partial charge in [-0.25, -0.2) is 4.68 Å². The van der Waals surface area contributed by atoms with Crippen molar-refractivity contribution in [2.75, 3.05) is 0 Å². The third-order valence-corrected chi connectivity index (χ3v) is 3.14. The SMILES string of the molecule is O=[N+]([O-])c1cc(Cl)c(Cl)cc1-n1cc(Br)cn1. The van der Waals surface area contributed by atoms with Crippen LogP contribution in [0.1, 0.15) is 0 Å². The summed E-state index contributed by atoms with van der Waals surface area (Å²) in [5, 5.41) is 15.2. The number of nitro groups is 1. The predicted octanol–water partition coefficient (Wildman–Crippen LogP) is 3.85. The molecule has 0 aliphatic heterocycles. The minimum atomic E-state index is -0.535. The Balaban J connectivity index is 2.67.